The minimum absolute atomic E-state index is 0.112. The van der Waals surface area contributed by atoms with Crippen molar-refractivity contribution in [2.45, 2.75) is 51.2 Å². The first-order chi connectivity index (χ1) is 13.7. The molecular formula is C23H30N4O. The normalized spacial score (nSPS) is 21.0. The predicted octanol–water partition coefficient (Wildman–Crippen LogP) is 4.02. The molecule has 28 heavy (non-hydrogen) atoms. The van der Waals surface area contributed by atoms with E-state index in [0.29, 0.717) is 17.8 Å². The number of anilines is 1. The minimum atomic E-state index is 0.112. The number of hydrogen-bond acceptors (Lipinski definition) is 3. The van der Waals surface area contributed by atoms with E-state index in [4.69, 9.17) is 0 Å². The van der Waals surface area contributed by atoms with Gasteiger partial charge in [-0.25, -0.2) is 0 Å². The predicted molar refractivity (Wildman–Crippen MR) is 114 cm³/mol. The second-order valence-electron chi connectivity index (χ2n) is 7.77. The molecule has 2 aromatic rings. The average Bonchev–Trinajstić information content (AvgIpc) is 3.18. The van der Waals surface area contributed by atoms with Crippen molar-refractivity contribution in [3.05, 3.63) is 59.4 Å². The third kappa shape index (κ3) is 4.14. The van der Waals surface area contributed by atoms with Gasteiger partial charge in [0.25, 0.3) is 5.91 Å². The molecule has 1 aromatic heterocycles. The monoisotopic (exact) mass is 378 g/mol. The molecule has 5 heteroatoms. The molecule has 2 heterocycles. The Balaban J connectivity index is 1.40. The van der Waals surface area contributed by atoms with Crippen LogP contribution in [0.1, 0.15) is 54.4 Å². The van der Waals surface area contributed by atoms with Crippen LogP contribution in [0.2, 0.25) is 0 Å². The van der Waals surface area contributed by atoms with E-state index in [-0.39, 0.29) is 5.91 Å². The molecule has 1 aromatic carbocycles. The molecule has 5 nitrogen and oxygen atoms in total. The number of aromatic amines is 1. The summed E-state index contributed by atoms with van der Waals surface area (Å²) in [7, 11) is 0. The minimum Gasteiger partial charge on any atom is -0.380 e. The summed E-state index contributed by atoms with van der Waals surface area (Å²) < 4.78 is 0. The molecule has 148 valence electrons. The summed E-state index contributed by atoms with van der Waals surface area (Å²) in [5.41, 5.74) is 4.01. The lowest BCUT2D eigenvalue weighted by Crippen LogP contribution is -2.46. The number of amides is 1. The molecule has 2 aliphatic rings. The lowest BCUT2D eigenvalue weighted by molar-refractivity contribution is 0.0623. The molecule has 1 aliphatic heterocycles. The summed E-state index contributed by atoms with van der Waals surface area (Å²) in [6.45, 7) is 4.52. The van der Waals surface area contributed by atoms with E-state index in [1.807, 2.05) is 12.1 Å². The number of hydrogen-bond donors (Lipinski definition) is 3. The summed E-state index contributed by atoms with van der Waals surface area (Å²) in [6, 6.07) is 13.2. The van der Waals surface area contributed by atoms with Crippen molar-refractivity contribution in [2.24, 2.45) is 0 Å². The smallest absolute Gasteiger partial charge is 0.270 e. The first kappa shape index (κ1) is 18.8. The summed E-state index contributed by atoms with van der Waals surface area (Å²) in [6.07, 6.45) is 8.55. The fourth-order valence-corrected chi connectivity index (χ4v) is 4.42. The fourth-order valence-electron chi connectivity index (χ4n) is 4.42. The zero-order chi connectivity index (χ0) is 19.3. The van der Waals surface area contributed by atoms with Crippen molar-refractivity contribution in [2.75, 3.05) is 18.4 Å². The molecule has 0 radical (unpaired) electrons. The van der Waals surface area contributed by atoms with E-state index in [0.717, 1.165) is 50.3 Å². The number of benzene rings is 1. The Kier molecular flexibility index (Phi) is 5.81. The van der Waals surface area contributed by atoms with E-state index in [1.54, 1.807) is 0 Å². The van der Waals surface area contributed by atoms with Gasteiger partial charge in [-0.1, -0.05) is 36.4 Å². The van der Waals surface area contributed by atoms with Gasteiger partial charge < -0.3 is 20.5 Å². The standard InChI is InChI=1S/C23H30N4O/c1-2-27(23(28)22-15-21-20(26-22)12-7-13-24-21)19-11-6-10-18(14-19)25-16-17-8-4-3-5-9-17/h3-5,7-9,12,15,18-19,24-26H,2,6,10-11,13-14,16H2,1H3/t18-,19+/m1/s1. The number of carbonyl (C=O) groups excluding carboxylic acids is 1. The number of aromatic nitrogens is 1. The van der Waals surface area contributed by atoms with Crippen molar-refractivity contribution >= 4 is 17.7 Å². The van der Waals surface area contributed by atoms with Crippen LogP contribution in [0.4, 0.5) is 5.69 Å². The van der Waals surface area contributed by atoms with Crippen LogP contribution < -0.4 is 10.6 Å². The molecule has 1 amide bonds. The molecular weight excluding hydrogens is 348 g/mol. The third-order valence-corrected chi connectivity index (χ3v) is 5.90. The van der Waals surface area contributed by atoms with Crippen molar-refractivity contribution in [3.8, 4) is 0 Å². The Labute approximate surface area is 167 Å². The summed E-state index contributed by atoms with van der Waals surface area (Å²) >= 11 is 0. The Bertz CT molecular complexity index is 826. The van der Waals surface area contributed by atoms with Gasteiger partial charge in [-0.2, -0.15) is 0 Å². The number of fused-ring (bicyclic) bond motifs is 1. The number of nitrogens with one attached hydrogen (secondary N) is 3. The van der Waals surface area contributed by atoms with Crippen LogP contribution in [0.25, 0.3) is 6.08 Å². The maximum absolute atomic E-state index is 13.2. The largest absolute Gasteiger partial charge is 0.380 e. The van der Waals surface area contributed by atoms with Gasteiger partial charge in [0, 0.05) is 31.7 Å². The summed E-state index contributed by atoms with van der Waals surface area (Å²) in [5, 5.41) is 7.02. The Morgan fingerprint density at radius 3 is 2.89 bits per heavy atom. The van der Waals surface area contributed by atoms with E-state index >= 15 is 0 Å². The average molecular weight is 379 g/mol. The fraction of sp³-hybridized carbons (Fsp3) is 0.435. The van der Waals surface area contributed by atoms with Gasteiger partial charge >= 0.3 is 0 Å². The maximum atomic E-state index is 13.2. The van der Waals surface area contributed by atoms with E-state index in [2.05, 4.69) is 63.8 Å². The Morgan fingerprint density at radius 1 is 1.25 bits per heavy atom. The molecule has 1 aliphatic carbocycles. The topological polar surface area (TPSA) is 60.2 Å². The van der Waals surface area contributed by atoms with Gasteiger partial charge in [0.05, 0.1) is 11.4 Å². The summed E-state index contributed by atoms with van der Waals surface area (Å²) in [4.78, 5) is 18.5. The zero-order valence-corrected chi connectivity index (χ0v) is 16.6. The molecule has 3 N–H and O–H groups in total. The van der Waals surface area contributed by atoms with Gasteiger partial charge in [0.2, 0.25) is 0 Å². The third-order valence-electron chi connectivity index (χ3n) is 5.90. The first-order valence-electron chi connectivity index (χ1n) is 10.5. The molecule has 4 rings (SSSR count). The number of carbonyl (C=O) groups is 1. The van der Waals surface area contributed by atoms with Gasteiger partial charge in [0.1, 0.15) is 5.69 Å². The van der Waals surface area contributed by atoms with Gasteiger partial charge in [-0.3, -0.25) is 4.79 Å². The highest BCUT2D eigenvalue weighted by atomic mass is 16.2. The lowest BCUT2D eigenvalue weighted by atomic mass is 9.89. The van der Waals surface area contributed by atoms with Crippen LogP contribution in [0, 0.1) is 0 Å². The highest BCUT2D eigenvalue weighted by Gasteiger charge is 2.30. The molecule has 0 spiro atoms. The Hall–Kier alpha value is -2.53. The van der Waals surface area contributed by atoms with Crippen molar-refractivity contribution in [3.63, 3.8) is 0 Å². The van der Waals surface area contributed by atoms with Gasteiger partial charge in [-0.15, -0.1) is 0 Å². The first-order valence-corrected chi connectivity index (χ1v) is 10.5. The van der Waals surface area contributed by atoms with E-state index in [9.17, 15) is 4.79 Å². The quantitative estimate of drug-likeness (QED) is 0.712. The molecule has 0 bridgehead atoms. The van der Waals surface area contributed by atoms with Crippen LogP contribution in [-0.2, 0) is 6.54 Å². The van der Waals surface area contributed by atoms with E-state index < -0.39 is 0 Å². The summed E-state index contributed by atoms with van der Waals surface area (Å²) in [5.74, 6) is 0.112. The zero-order valence-electron chi connectivity index (χ0n) is 16.6. The molecule has 0 saturated heterocycles. The number of nitrogens with zero attached hydrogens (tertiary/aromatic N) is 1. The highest BCUT2D eigenvalue weighted by Crippen LogP contribution is 2.27. The lowest BCUT2D eigenvalue weighted by Gasteiger charge is -2.37. The SMILES string of the molecule is CCN(C(=O)c1cc2c([nH]1)C=CCN2)[C@H]1CCC[C@@H](NCc2ccccc2)C1. The molecule has 2 atom stereocenters. The second-order valence-corrected chi connectivity index (χ2v) is 7.77. The van der Waals surface area contributed by atoms with E-state index in [1.165, 1.54) is 12.0 Å². The molecule has 1 saturated carbocycles. The van der Waals surface area contributed by atoms with Crippen LogP contribution >= 0.6 is 0 Å². The molecule has 1 fully saturated rings. The van der Waals surface area contributed by atoms with Crippen molar-refractivity contribution < 1.29 is 4.79 Å². The van der Waals surface area contributed by atoms with Gasteiger partial charge in [-0.05, 0) is 50.3 Å². The van der Waals surface area contributed by atoms with Crippen LogP contribution in [-0.4, -0.2) is 41.0 Å². The van der Waals surface area contributed by atoms with Crippen molar-refractivity contribution in [1.29, 1.82) is 0 Å². The van der Waals surface area contributed by atoms with Crippen LogP contribution in [0.3, 0.4) is 0 Å². The van der Waals surface area contributed by atoms with Crippen LogP contribution in [0.15, 0.2) is 42.5 Å². The number of rotatable bonds is 6. The highest BCUT2D eigenvalue weighted by molar-refractivity contribution is 5.95. The maximum Gasteiger partial charge on any atom is 0.270 e. The number of H-pyrrole nitrogens is 1. The Morgan fingerprint density at radius 2 is 2.11 bits per heavy atom. The van der Waals surface area contributed by atoms with Crippen LogP contribution in [0.5, 0.6) is 0 Å². The van der Waals surface area contributed by atoms with Gasteiger partial charge in [0.15, 0.2) is 0 Å². The molecule has 0 unspecified atom stereocenters. The second kappa shape index (κ2) is 8.65. The van der Waals surface area contributed by atoms with Crippen molar-refractivity contribution in [1.82, 2.24) is 15.2 Å².